The molecule has 0 aliphatic heterocycles. The molecule has 0 unspecified atom stereocenters. The summed E-state index contributed by atoms with van der Waals surface area (Å²) in [6, 6.07) is 16.8. The van der Waals surface area contributed by atoms with E-state index in [1.807, 2.05) is 37.3 Å². The molecule has 1 N–H and O–H groups in total. The van der Waals surface area contributed by atoms with E-state index in [0.29, 0.717) is 17.8 Å². The van der Waals surface area contributed by atoms with Crippen molar-refractivity contribution in [2.75, 3.05) is 5.32 Å². The monoisotopic (exact) mass is 319 g/mol. The zero-order chi connectivity index (χ0) is 16.9. The van der Waals surface area contributed by atoms with Gasteiger partial charge in [0, 0.05) is 11.8 Å². The van der Waals surface area contributed by atoms with E-state index in [0.717, 1.165) is 11.1 Å². The van der Waals surface area contributed by atoms with Crippen LogP contribution in [-0.4, -0.2) is 21.5 Å². The van der Waals surface area contributed by atoms with E-state index >= 15 is 0 Å². The van der Waals surface area contributed by atoms with Crippen LogP contribution >= 0.6 is 0 Å². The maximum Gasteiger partial charge on any atom is 0.296 e. The number of carbonyl (C=O) groups excluding carboxylic acids is 2. The molecule has 1 amide bonds. The third-order valence-corrected chi connectivity index (χ3v) is 3.60. The maximum absolute atomic E-state index is 12.1. The van der Waals surface area contributed by atoms with Gasteiger partial charge in [0.05, 0.1) is 18.4 Å². The predicted octanol–water partition coefficient (Wildman–Crippen LogP) is 3.06. The van der Waals surface area contributed by atoms with Crippen molar-refractivity contribution in [2.24, 2.45) is 0 Å². The minimum Gasteiger partial charge on any atom is -0.316 e. The number of carbonyl (C=O) groups is 2. The molecule has 2 aromatic carbocycles. The Kier molecular flexibility index (Phi) is 4.52. The zero-order valence-corrected chi connectivity index (χ0v) is 13.3. The van der Waals surface area contributed by atoms with Gasteiger partial charge in [0.25, 0.3) is 11.7 Å². The first-order valence-electron chi connectivity index (χ1n) is 7.60. The molecule has 0 aliphatic carbocycles. The molecule has 24 heavy (non-hydrogen) atoms. The van der Waals surface area contributed by atoms with Crippen molar-refractivity contribution in [2.45, 2.75) is 13.5 Å². The highest BCUT2D eigenvalue weighted by atomic mass is 16.2. The number of aromatic nitrogens is 2. The fraction of sp³-hybridized carbons (Fsp3) is 0.105. The highest BCUT2D eigenvalue weighted by Gasteiger charge is 2.16. The zero-order valence-electron chi connectivity index (χ0n) is 13.3. The molecule has 0 aliphatic rings. The Morgan fingerprint density at radius 3 is 2.46 bits per heavy atom. The second-order valence-electron chi connectivity index (χ2n) is 5.56. The Hall–Kier alpha value is -3.21. The van der Waals surface area contributed by atoms with Crippen LogP contribution in [0.4, 0.5) is 5.69 Å². The van der Waals surface area contributed by atoms with E-state index in [2.05, 4.69) is 10.4 Å². The van der Waals surface area contributed by atoms with Crippen LogP contribution in [0.3, 0.4) is 0 Å². The summed E-state index contributed by atoms with van der Waals surface area (Å²) in [5.74, 6) is -1.23. The second-order valence-corrected chi connectivity index (χ2v) is 5.56. The summed E-state index contributed by atoms with van der Waals surface area (Å²) >= 11 is 0. The number of hydrogen-bond acceptors (Lipinski definition) is 3. The van der Waals surface area contributed by atoms with Gasteiger partial charge < -0.3 is 5.32 Å². The number of ketones is 1. The summed E-state index contributed by atoms with van der Waals surface area (Å²) in [6.07, 6.45) is 3.23. The lowest BCUT2D eigenvalue weighted by atomic mass is 10.1. The van der Waals surface area contributed by atoms with Crippen LogP contribution in [0.5, 0.6) is 0 Å². The van der Waals surface area contributed by atoms with Gasteiger partial charge in [0.1, 0.15) is 0 Å². The van der Waals surface area contributed by atoms with Crippen molar-refractivity contribution < 1.29 is 9.59 Å². The molecular formula is C19H17N3O2. The lowest BCUT2D eigenvalue weighted by Gasteiger charge is -2.03. The smallest absolute Gasteiger partial charge is 0.296 e. The highest BCUT2D eigenvalue weighted by Crippen LogP contribution is 2.10. The van der Waals surface area contributed by atoms with Crippen LogP contribution in [0.1, 0.15) is 21.5 Å². The number of benzene rings is 2. The fourth-order valence-electron chi connectivity index (χ4n) is 2.31. The first-order chi connectivity index (χ1) is 11.6. The second kappa shape index (κ2) is 6.91. The minimum atomic E-state index is -0.668. The van der Waals surface area contributed by atoms with Crippen molar-refractivity contribution in [1.82, 2.24) is 9.78 Å². The molecule has 5 nitrogen and oxygen atoms in total. The van der Waals surface area contributed by atoms with Gasteiger partial charge in [0.15, 0.2) is 0 Å². The Morgan fingerprint density at radius 2 is 1.75 bits per heavy atom. The van der Waals surface area contributed by atoms with Gasteiger partial charge in [-0.2, -0.15) is 5.10 Å². The predicted molar refractivity (Wildman–Crippen MR) is 91.9 cm³/mol. The lowest BCUT2D eigenvalue weighted by Crippen LogP contribution is -2.22. The topological polar surface area (TPSA) is 64.0 Å². The van der Waals surface area contributed by atoms with Gasteiger partial charge in [-0.05, 0) is 12.5 Å². The van der Waals surface area contributed by atoms with Gasteiger partial charge in [0.2, 0.25) is 0 Å². The number of amides is 1. The standard InChI is InChI=1S/C19H17N3O2/c1-14-7-9-16(10-8-14)18(23)19(24)21-17-11-20-22(13-17)12-15-5-3-2-4-6-15/h2-11,13H,12H2,1H3,(H,21,24). The quantitative estimate of drug-likeness (QED) is 0.580. The summed E-state index contributed by atoms with van der Waals surface area (Å²) in [5.41, 5.74) is 3.01. The molecule has 0 spiro atoms. The normalized spacial score (nSPS) is 10.4. The Balaban J connectivity index is 1.64. The number of Topliss-reactive ketones (excluding diaryl/α,β-unsaturated/α-hetero) is 1. The van der Waals surface area contributed by atoms with E-state index in [1.165, 1.54) is 6.20 Å². The molecule has 3 aromatic rings. The van der Waals surface area contributed by atoms with Gasteiger partial charge in [-0.3, -0.25) is 14.3 Å². The fourth-order valence-corrected chi connectivity index (χ4v) is 2.31. The first kappa shape index (κ1) is 15.7. The van der Waals surface area contributed by atoms with E-state index in [1.54, 1.807) is 35.1 Å². The van der Waals surface area contributed by atoms with Crippen LogP contribution < -0.4 is 5.32 Å². The van der Waals surface area contributed by atoms with Crippen molar-refractivity contribution in [3.05, 3.63) is 83.7 Å². The molecule has 0 bridgehead atoms. The van der Waals surface area contributed by atoms with Crippen molar-refractivity contribution in [3.63, 3.8) is 0 Å². The molecule has 1 aromatic heterocycles. The third kappa shape index (κ3) is 3.76. The van der Waals surface area contributed by atoms with Gasteiger partial charge in [-0.15, -0.1) is 0 Å². The molecule has 0 fully saturated rings. The van der Waals surface area contributed by atoms with Crippen molar-refractivity contribution in [3.8, 4) is 0 Å². The summed E-state index contributed by atoms with van der Waals surface area (Å²) < 4.78 is 1.71. The van der Waals surface area contributed by atoms with Gasteiger partial charge in [-0.1, -0.05) is 60.2 Å². The number of aryl methyl sites for hydroxylation is 1. The van der Waals surface area contributed by atoms with Crippen LogP contribution in [0.25, 0.3) is 0 Å². The average Bonchev–Trinajstić information content (AvgIpc) is 3.02. The van der Waals surface area contributed by atoms with Gasteiger partial charge >= 0.3 is 0 Å². The molecule has 5 heteroatoms. The Labute approximate surface area is 139 Å². The molecule has 1 heterocycles. The summed E-state index contributed by atoms with van der Waals surface area (Å²) in [4.78, 5) is 24.2. The molecule has 0 radical (unpaired) electrons. The van der Waals surface area contributed by atoms with Crippen LogP contribution in [0.2, 0.25) is 0 Å². The molecule has 0 atom stereocenters. The maximum atomic E-state index is 12.1. The third-order valence-electron chi connectivity index (χ3n) is 3.60. The molecule has 120 valence electrons. The molecule has 0 saturated carbocycles. The van der Waals surface area contributed by atoms with Crippen molar-refractivity contribution >= 4 is 17.4 Å². The number of nitrogens with zero attached hydrogens (tertiary/aromatic N) is 2. The van der Waals surface area contributed by atoms with Crippen LogP contribution in [0, 0.1) is 6.92 Å². The molecule has 3 rings (SSSR count). The minimum absolute atomic E-state index is 0.370. The van der Waals surface area contributed by atoms with E-state index in [-0.39, 0.29) is 0 Å². The summed E-state index contributed by atoms with van der Waals surface area (Å²) in [7, 11) is 0. The molecule has 0 saturated heterocycles. The van der Waals surface area contributed by atoms with Crippen LogP contribution in [0.15, 0.2) is 67.0 Å². The van der Waals surface area contributed by atoms with Gasteiger partial charge in [-0.25, -0.2) is 0 Å². The number of rotatable bonds is 5. The van der Waals surface area contributed by atoms with E-state index in [9.17, 15) is 9.59 Å². The summed E-state index contributed by atoms with van der Waals surface area (Å²) in [5, 5.41) is 6.79. The first-order valence-corrected chi connectivity index (χ1v) is 7.60. The highest BCUT2D eigenvalue weighted by molar-refractivity contribution is 6.46. The Morgan fingerprint density at radius 1 is 1.04 bits per heavy atom. The average molecular weight is 319 g/mol. The largest absolute Gasteiger partial charge is 0.316 e. The lowest BCUT2D eigenvalue weighted by molar-refractivity contribution is -0.112. The molecular weight excluding hydrogens is 302 g/mol. The SMILES string of the molecule is Cc1ccc(C(=O)C(=O)Nc2cnn(Cc3ccccc3)c2)cc1. The van der Waals surface area contributed by atoms with Crippen molar-refractivity contribution in [1.29, 1.82) is 0 Å². The summed E-state index contributed by atoms with van der Waals surface area (Å²) in [6.45, 7) is 2.53. The van der Waals surface area contributed by atoms with E-state index < -0.39 is 11.7 Å². The number of anilines is 1. The Bertz CT molecular complexity index is 852. The number of nitrogens with one attached hydrogen (secondary N) is 1. The number of hydrogen-bond donors (Lipinski definition) is 1. The van der Waals surface area contributed by atoms with Crippen LogP contribution in [-0.2, 0) is 11.3 Å². The van der Waals surface area contributed by atoms with E-state index in [4.69, 9.17) is 0 Å².